The third kappa shape index (κ3) is 4.00. The molecule has 30 heavy (non-hydrogen) atoms. The Morgan fingerprint density at radius 3 is 2.27 bits per heavy atom. The normalized spacial score (nSPS) is 24.4. The minimum atomic E-state index is -0.787. The molecule has 0 bridgehead atoms. The SMILES string of the molecule is O=C1[C@H](CCC(O)c2ccc(F)cc2)C(C2C=CC(O)=CC2)N1c1ccc(F)cc1. The molecule has 6 heteroatoms. The van der Waals surface area contributed by atoms with Crippen molar-refractivity contribution >= 4 is 11.6 Å². The Labute approximate surface area is 173 Å². The van der Waals surface area contributed by atoms with Gasteiger partial charge >= 0.3 is 0 Å². The molecule has 2 aromatic carbocycles. The molecule has 1 saturated heterocycles. The molecule has 1 fully saturated rings. The number of hydrogen-bond donors (Lipinski definition) is 2. The zero-order valence-electron chi connectivity index (χ0n) is 16.3. The van der Waals surface area contributed by atoms with Crippen LogP contribution in [0.2, 0.25) is 0 Å². The Kier molecular flexibility index (Phi) is 5.68. The smallest absolute Gasteiger partial charge is 0.232 e. The van der Waals surface area contributed by atoms with Crippen molar-refractivity contribution in [2.45, 2.75) is 31.4 Å². The first-order chi connectivity index (χ1) is 14.4. The van der Waals surface area contributed by atoms with E-state index in [4.69, 9.17) is 0 Å². The number of aliphatic hydroxyl groups is 2. The van der Waals surface area contributed by atoms with E-state index in [1.165, 1.54) is 24.3 Å². The molecule has 1 amide bonds. The van der Waals surface area contributed by atoms with Gasteiger partial charge in [0.1, 0.15) is 17.4 Å². The highest BCUT2D eigenvalue weighted by Crippen LogP contribution is 2.42. The number of allylic oxidation sites excluding steroid dienone is 2. The predicted octanol–water partition coefficient (Wildman–Crippen LogP) is 4.83. The molecule has 1 aliphatic heterocycles. The van der Waals surface area contributed by atoms with Crippen LogP contribution in [-0.2, 0) is 4.79 Å². The standard InChI is InChI=1S/C24H23F2NO3/c25-17-5-1-15(2-6-17)22(29)14-13-21-23(16-3-11-20(28)12-4-16)27(24(21)30)19-9-7-18(26)8-10-19/h1-3,5-12,16,21-23,28-29H,4,13-14H2/t16?,21-,22?,23?/m1/s1. The van der Waals surface area contributed by atoms with Gasteiger partial charge in [-0.05, 0) is 73.4 Å². The summed E-state index contributed by atoms with van der Waals surface area (Å²) >= 11 is 0. The number of carbonyl (C=O) groups is 1. The number of β-lactam (4-membered cyclic amide) rings is 1. The lowest BCUT2D eigenvalue weighted by Crippen LogP contribution is -2.64. The van der Waals surface area contributed by atoms with Gasteiger partial charge in [0.25, 0.3) is 0 Å². The molecule has 156 valence electrons. The fraction of sp³-hybridized carbons (Fsp3) is 0.292. The van der Waals surface area contributed by atoms with E-state index in [1.54, 1.807) is 41.3 Å². The van der Waals surface area contributed by atoms with Crippen molar-refractivity contribution in [3.8, 4) is 0 Å². The van der Waals surface area contributed by atoms with Crippen LogP contribution in [0.5, 0.6) is 0 Å². The van der Waals surface area contributed by atoms with E-state index in [1.807, 2.05) is 6.08 Å². The second-order valence-electron chi connectivity index (χ2n) is 7.81. The van der Waals surface area contributed by atoms with Gasteiger partial charge in [0.05, 0.1) is 18.1 Å². The van der Waals surface area contributed by atoms with Gasteiger partial charge in [0.15, 0.2) is 0 Å². The highest BCUT2D eigenvalue weighted by atomic mass is 19.1. The minimum Gasteiger partial charge on any atom is -0.508 e. The molecule has 2 aromatic rings. The average molecular weight is 411 g/mol. The summed E-state index contributed by atoms with van der Waals surface area (Å²) < 4.78 is 26.4. The zero-order chi connectivity index (χ0) is 21.3. The summed E-state index contributed by atoms with van der Waals surface area (Å²) in [5.41, 5.74) is 1.24. The summed E-state index contributed by atoms with van der Waals surface area (Å²) in [7, 11) is 0. The Hall–Kier alpha value is -2.99. The third-order valence-corrected chi connectivity index (χ3v) is 5.93. The van der Waals surface area contributed by atoms with Gasteiger partial charge in [-0.1, -0.05) is 18.2 Å². The number of aliphatic hydroxyl groups excluding tert-OH is 2. The second-order valence-corrected chi connectivity index (χ2v) is 7.81. The lowest BCUT2D eigenvalue weighted by atomic mass is 9.73. The maximum Gasteiger partial charge on any atom is 0.232 e. The number of amides is 1. The third-order valence-electron chi connectivity index (χ3n) is 5.93. The molecule has 0 spiro atoms. The maximum absolute atomic E-state index is 13.3. The van der Waals surface area contributed by atoms with Crippen LogP contribution in [0.4, 0.5) is 14.5 Å². The molecular weight excluding hydrogens is 388 g/mol. The quantitative estimate of drug-likeness (QED) is 0.670. The van der Waals surface area contributed by atoms with Crippen molar-refractivity contribution in [1.29, 1.82) is 0 Å². The van der Waals surface area contributed by atoms with Crippen molar-refractivity contribution in [3.05, 3.63) is 89.7 Å². The molecule has 0 radical (unpaired) electrons. The monoisotopic (exact) mass is 411 g/mol. The summed E-state index contributed by atoms with van der Waals surface area (Å²) in [6.45, 7) is 0. The van der Waals surface area contributed by atoms with E-state index in [-0.39, 0.29) is 41.2 Å². The fourth-order valence-corrected chi connectivity index (χ4v) is 4.32. The number of halogens is 2. The average Bonchev–Trinajstić information content (AvgIpc) is 2.74. The lowest BCUT2D eigenvalue weighted by molar-refractivity contribution is -0.131. The number of nitrogens with zero attached hydrogens (tertiary/aromatic N) is 1. The summed E-state index contributed by atoms with van der Waals surface area (Å²) in [4.78, 5) is 14.7. The summed E-state index contributed by atoms with van der Waals surface area (Å²) in [5.74, 6) is -0.883. The van der Waals surface area contributed by atoms with Crippen molar-refractivity contribution < 1.29 is 23.8 Å². The molecule has 1 aliphatic carbocycles. The van der Waals surface area contributed by atoms with Gasteiger partial charge in [0, 0.05) is 11.6 Å². The van der Waals surface area contributed by atoms with Gasteiger partial charge in [-0.3, -0.25) is 4.79 Å². The topological polar surface area (TPSA) is 60.8 Å². The van der Waals surface area contributed by atoms with Crippen molar-refractivity contribution in [3.63, 3.8) is 0 Å². The summed E-state index contributed by atoms with van der Waals surface area (Å²) in [6, 6.07) is 11.4. The van der Waals surface area contributed by atoms with E-state index >= 15 is 0 Å². The molecule has 2 N–H and O–H groups in total. The zero-order valence-corrected chi connectivity index (χ0v) is 16.3. The van der Waals surface area contributed by atoms with E-state index in [0.29, 0.717) is 30.5 Å². The van der Waals surface area contributed by atoms with Crippen LogP contribution in [0, 0.1) is 23.5 Å². The second kappa shape index (κ2) is 8.40. The highest BCUT2D eigenvalue weighted by Gasteiger charge is 2.50. The molecule has 4 atom stereocenters. The van der Waals surface area contributed by atoms with E-state index in [0.717, 1.165) is 0 Å². The number of hydrogen-bond acceptors (Lipinski definition) is 3. The van der Waals surface area contributed by atoms with Gasteiger partial charge < -0.3 is 15.1 Å². The first-order valence-electron chi connectivity index (χ1n) is 10.0. The predicted molar refractivity (Wildman–Crippen MR) is 110 cm³/mol. The molecule has 4 nitrogen and oxygen atoms in total. The van der Waals surface area contributed by atoms with Crippen molar-refractivity contribution in [2.24, 2.45) is 11.8 Å². The maximum atomic E-state index is 13.3. The van der Waals surface area contributed by atoms with Gasteiger partial charge in [0.2, 0.25) is 5.91 Å². The number of rotatable bonds is 6. The van der Waals surface area contributed by atoms with Crippen LogP contribution in [0.25, 0.3) is 0 Å². The van der Waals surface area contributed by atoms with Crippen LogP contribution in [0.15, 0.2) is 72.5 Å². The molecule has 0 saturated carbocycles. The largest absolute Gasteiger partial charge is 0.508 e. The first-order valence-corrected chi connectivity index (χ1v) is 10.0. The first kappa shape index (κ1) is 20.3. The Morgan fingerprint density at radius 1 is 1.03 bits per heavy atom. The minimum absolute atomic E-state index is 0.0108. The molecule has 3 unspecified atom stereocenters. The van der Waals surface area contributed by atoms with Crippen LogP contribution < -0.4 is 4.90 Å². The Morgan fingerprint density at radius 2 is 1.67 bits per heavy atom. The molecule has 4 rings (SSSR count). The van der Waals surface area contributed by atoms with Gasteiger partial charge in [-0.25, -0.2) is 8.78 Å². The van der Waals surface area contributed by atoms with Crippen LogP contribution in [0.1, 0.15) is 30.9 Å². The van der Waals surface area contributed by atoms with Gasteiger partial charge in [-0.15, -0.1) is 0 Å². The molecule has 0 aromatic heterocycles. The van der Waals surface area contributed by atoms with Crippen LogP contribution >= 0.6 is 0 Å². The van der Waals surface area contributed by atoms with E-state index < -0.39 is 6.10 Å². The lowest BCUT2D eigenvalue weighted by Gasteiger charge is -2.50. The highest BCUT2D eigenvalue weighted by molar-refractivity contribution is 6.03. The number of carbonyl (C=O) groups excluding carboxylic acids is 1. The van der Waals surface area contributed by atoms with Crippen molar-refractivity contribution in [2.75, 3.05) is 4.90 Å². The summed E-state index contributed by atoms with van der Waals surface area (Å²) in [6.07, 6.45) is 5.89. The summed E-state index contributed by atoms with van der Waals surface area (Å²) in [5, 5.41) is 20.1. The van der Waals surface area contributed by atoms with Crippen molar-refractivity contribution in [1.82, 2.24) is 0 Å². The fourth-order valence-electron chi connectivity index (χ4n) is 4.32. The molecule has 1 heterocycles. The van der Waals surface area contributed by atoms with E-state index in [9.17, 15) is 23.8 Å². The Bertz CT molecular complexity index is 969. The molecular formula is C24H23F2NO3. The van der Waals surface area contributed by atoms with E-state index in [2.05, 4.69) is 0 Å². The Balaban J connectivity index is 1.50. The van der Waals surface area contributed by atoms with Crippen LogP contribution in [0.3, 0.4) is 0 Å². The number of benzene rings is 2. The molecule has 2 aliphatic rings. The van der Waals surface area contributed by atoms with Crippen LogP contribution in [-0.4, -0.2) is 22.2 Å². The van der Waals surface area contributed by atoms with Gasteiger partial charge in [-0.2, -0.15) is 0 Å². The number of anilines is 1.